The fourth-order valence-electron chi connectivity index (χ4n) is 1.95. The lowest BCUT2D eigenvalue weighted by atomic mass is 10.0. The largest absolute Gasteiger partial charge is 0.272 e. The van der Waals surface area contributed by atoms with Gasteiger partial charge < -0.3 is 0 Å². The van der Waals surface area contributed by atoms with Gasteiger partial charge in [-0.15, -0.1) is 0 Å². The molecule has 0 saturated carbocycles. The Labute approximate surface area is 91.8 Å². The van der Waals surface area contributed by atoms with Gasteiger partial charge in [-0.1, -0.05) is 13.3 Å². The zero-order valence-electron chi connectivity index (χ0n) is 10.2. The summed E-state index contributed by atoms with van der Waals surface area (Å²) in [6.45, 7) is 6.34. The average Bonchev–Trinajstić information content (AvgIpc) is 2.44. The van der Waals surface area contributed by atoms with Crippen molar-refractivity contribution in [1.82, 2.24) is 15.2 Å². The monoisotopic (exact) mass is 210 g/mol. The van der Waals surface area contributed by atoms with Crippen LogP contribution in [0.2, 0.25) is 0 Å². The molecule has 1 aromatic rings. The van der Waals surface area contributed by atoms with Gasteiger partial charge in [0.15, 0.2) is 0 Å². The first-order valence-electron chi connectivity index (χ1n) is 5.55. The van der Waals surface area contributed by atoms with E-state index in [2.05, 4.69) is 31.3 Å². The van der Waals surface area contributed by atoms with Gasteiger partial charge in [0.2, 0.25) is 0 Å². The van der Waals surface area contributed by atoms with Crippen molar-refractivity contribution in [3.8, 4) is 0 Å². The molecule has 3 N–H and O–H groups in total. The normalized spacial score (nSPS) is 13.1. The van der Waals surface area contributed by atoms with Crippen molar-refractivity contribution >= 4 is 0 Å². The SMILES string of the molecule is CCCC(Cc1c(C)nn(C)c1C)NN. The number of hydrazine groups is 1. The molecule has 1 atom stereocenters. The highest BCUT2D eigenvalue weighted by Crippen LogP contribution is 2.15. The number of aromatic nitrogens is 2. The highest BCUT2D eigenvalue weighted by Gasteiger charge is 2.14. The lowest BCUT2D eigenvalue weighted by Gasteiger charge is -2.14. The molecule has 1 aromatic heterocycles. The molecule has 0 amide bonds. The molecule has 0 aromatic carbocycles. The first kappa shape index (κ1) is 12.2. The van der Waals surface area contributed by atoms with Crippen LogP contribution in [0.3, 0.4) is 0 Å². The highest BCUT2D eigenvalue weighted by atomic mass is 15.3. The predicted octanol–water partition coefficient (Wildman–Crippen LogP) is 1.21. The maximum atomic E-state index is 5.54. The molecule has 1 unspecified atom stereocenters. The molecule has 0 saturated heterocycles. The summed E-state index contributed by atoms with van der Waals surface area (Å²) in [6, 6.07) is 0.358. The molecule has 86 valence electrons. The van der Waals surface area contributed by atoms with Crippen LogP contribution in [0, 0.1) is 13.8 Å². The molecule has 1 rings (SSSR count). The molecule has 0 bridgehead atoms. The van der Waals surface area contributed by atoms with E-state index < -0.39 is 0 Å². The van der Waals surface area contributed by atoms with Crippen molar-refractivity contribution in [3.63, 3.8) is 0 Å². The van der Waals surface area contributed by atoms with Crippen molar-refractivity contribution < 1.29 is 0 Å². The van der Waals surface area contributed by atoms with Gasteiger partial charge in [-0.2, -0.15) is 5.10 Å². The van der Waals surface area contributed by atoms with Crippen LogP contribution in [0.15, 0.2) is 0 Å². The van der Waals surface area contributed by atoms with E-state index in [1.165, 1.54) is 11.3 Å². The Balaban J connectivity index is 2.78. The van der Waals surface area contributed by atoms with E-state index in [1.807, 2.05) is 11.7 Å². The lowest BCUT2D eigenvalue weighted by Crippen LogP contribution is -2.36. The second-order valence-corrected chi connectivity index (χ2v) is 4.13. The Kier molecular flexibility index (Phi) is 4.29. The fraction of sp³-hybridized carbons (Fsp3) is 0.727. The molecule has 0 aliphatic rings. The van der Waals surface area contributed by atoms with Gasteiger partial charge in [0, 0.05) is 18.8 Å². The quantitative estimate of drug-likeness (QED) is 0.567. The van der Waals surface area contributed by atoms with Crippen LogP contribution < -0.4 is 11.3 Å². The van der Waals surface area contributed by atoms with Gasteiger partial charge in [0.05, 0.1) is 5.69 Å². The van der Waals surface area contributed by atoms with Gasteiger partial charge in [-0.25, -0.2) is 0 Å². The zero-order chi connectivity index (χ0) is 11.4. The summed E-state index contributed by atoms with van der Waals surface area (Å²) >= 11 is 0. The second-order valence-electron chi connectivity index (χ2n) is 4.13. The first-order chi connectivity index (χ1) is 7.10. The molecule has 0 aliphatic heterocycles. The molecule has 15 heavy (non-hydrogen) atoms. The van der Waals surface area contributed by atoms with Gasteiger partial charge >= 0.3 is 0 Å². The number of nitrogens with two attached hydrogens (primary N) is 1. The van der Waals surface area contributed by atoms with Crippen molar-refractivity contribution in [2.75, 3.05) is 0 Å². The Bertz CT molecular complexity index is 317. The Morgan fingerprint density at radius 1 is 1.47 bits per heavy atom. The van der Waals surface area contributed by atoms with Gasteiger partial charge in [-0.05, 0) is 32.3 Å². The summed E-state index contributed by atoms with van der Waals surface area (Å²) in [6.07, 6.45) is 3.22. The number of aryl methyl sites for hydroxylation is 2. The molecule has 4 nitrogen and oxygen atoms in total. The smallest absolute Gasteiger partial charge is 0.0628 e. The predicted molar refractivity (Wildman–Crippen MR) is 62.4 cm³/mol. The Hall–Kier alpha value is -0.870. The number of nitrogens with one attached hydrogen (secondary N) is 1. The van der Waals surface area contributed by atoms with Gasteiger partial charge in [0.1, 0.15) is 0 Å². The van der Waals surface area contributed by atoms with Crippen molar-refractivity contribution in [2.24, 2.45) is 12.9 Å². The summed E-state index contributed by atoms with van der Waals surface area (Å²) in [4.78, 5) is 0. The summed E-state index contributed by atoms with van der Waals surface area (Å²) in [5.41, 5.74) is 6.56. The van der Waals surface area contributed by atoms with Crippen LogP contribution in [-0.4, -0.2) is 15.8 Å². The third-order valence-electron chi connectivity index (χ3n) is 2.98. The minimum Gasteiger partial charge on any atom is -0.272 e. The number of hydrogen-bond acceptors (Lipinski definition) is 3. The zero-order valence-corrected chi connectivity index (χ0v) is 10.2. The molecule has 4 heteroatoms. The van der Waals surface area contributed by atoms with Gasteiger partial charge in [0.25, 0.3) is 0 Å². The summed E-state index contributed by atoms with van der Waals surface area (Å²) in [5.74, 6) is 5.54. The van der Waals surface area contributed by atoms with E-state index in [-0.39, 0.29) is 0 Å². The standard InChI is InChI=1S/C11H22N4/c1-5-6-10(13-12)7-11-8(2)14-15(4)9(11)3/h10,13H,5-7,12H2,1-4H3. The lowest BCUT2D eigenvalue weighted by molar-refractivity contribution is 0.484. The Morgan fingerprint density at radius 2 is 2.13 bits per heavy atom. The minimum absolute atomic E-state index is 0.358. The van der Waals surface area contributed by atoms with E-state index in [1.54, 1.807) is 0 Å². The van der Waals surface area contributed by atoms with Crippen molar-refractivity contribution in [3.05, 3.63) is 17.0 Å². The molecule has 1 heterocycles. The van der Waals surface area contributed by atoms with E-state index in [0.717, 1.165) is 25.0 Å². The van der Waals surface area contributed by atoms with E-state index >= 15 is 0 Å². The topological polar surface area (TPSA) is 55.9 Å². The van der Waals surface area contributed by atoms with Crippen LogP contribution in [0.4, 0.5) is 0 Å². The molecule has 0 spiro atoms. The summed E-state index contributed by atoms with van der Waals surface area (Å²) in [7, 11) is 1.98. The van der Waals surface area contributed by atoms with Crippen LogP contribution in [0.5, 0.6) is 0 Å². The van der Waals surface area contributed by atoms with Crippen molar-refractivity contribution in [1.29, 1.82) is 0 Å². The number of rotatable bonds is 5. The third-order valence-corrected chi connectivity index (χ3v) is 2.98. The fourth-order valence-corrected chi connectivity index (χ4v) is 1.95. The number of nitrogens with zero attached hydrogens (tertiary/aromatic N) is 2. The number of hydrogen-bond donors (Lipinski definition) is 2. The van der Waals surface area contributed by atoms with E-state index in [4.69, 9.17) is 5.84 Å². The maximum Gasteiger partial charge on any atom is 0.0628 e. The van der Waals surface area contributed by atoms with Crippen LogP contribution in [0.25, 0.3) is 0 Å². The molecule has 0 fully saturated rings. The van der Waals surface area contributed by atoms with Crippen molar-refractivity contribution in [2.45, 2.75) is 46.1 Å². The second kappa shape index (κ2) is 5.28. The summed E-state index contributed by atoms with van der Waals surface area (Å²) < 4.78 is 1.93. The molecular weight excluding hydrogens is 188 g/mol. The molecule has 0 radical (unpaired) electrons. The van der Waals surface area contributed by atoms with E-state index in [0.29, 0.717) is 6.04 Å². The van der Waals surface area contributed by atoms with Crippen LogP contribution >= 0.6 is 0 Å². The van der Waals surface area contributed by atoms with Crippen LogP contribution in [-0.2, 0) is 13.5 Å². The average molecular weight is 210 g/mol. The maximum absolute atomic E-state index is 5.54. The first-order valence-corrected chi connectivity index (χ1v) is 5.55. The molecule has 0 aliphatic carbocycles. The summed E-state index contributed by atoms with van der Waals surface area (Å²) in [5, 5.41) is 4.41. The Morgan fingerprint density at radius 3 is 2.53 bits per heavy atom. The van der Waals surface area contributed by atoms with Crippen LogP contribution in [0.1, 0.15) is 36.7 Å². The minimum atomic E-state index is 0.358. The highest BCUT2D eigenvalue weighted by molar-refractivity contribution is 5.25. The van der Waals surface area contributed by atoms with E-state index in [9.17, 15) is 0 Å². The van der Waals surface area contributed by atoms with Gasteiger partial charge in [-0.3, -0.25) is 16.0 Å². The third kappa shape index (κ3) is 2.79. The molecular formula is C11H22N4.